The van der Waals surface area contributed by atoms with Gasteiger partial charge in [-0.1, -0.05) is 92.8 Å². The van der Waals surface area contributed by atoms with E-state index in [-0.39, 0.29) is 24.9 Å². The molecule has 0 aromatic heterocycles. The fourth-order valence-corrected chi connectivity index (χ4v) is 16.9. The van der Waals surface area contributed by atoms with Crippen LogP contribution in [0.5, 0.6) is 0 Å². The van der Waals surface area contributed by atoms with Gasteiger partial charge in [0, 0.05) is 11.8 Å². The first kappa shape index (κ1) is 42.7. The van der Waals surface area contributed by atoms with E-state index >= 15 is 0 Å². The molecule has 0 N–H and O–H groups in total. The van der Waals surface area contributed by atoms with Crippen molar-refractivity contribution in [2.24, 2.45) is 35.5 Å². The Bertz CT molecular complexity index is 1000. The molecule has 0 aromatic rings. The summed E-state index contributed by atoms with van der Waals surface area (Å²) in [5, 5.41) is 0.447. The van der Waals surface area contributed by atoms with E-state index in [0.29, 0.717) is 23.7 Å². The zero-order valence-corrected chi connectivity index (χ0v) is 38.0. The van der Waals surface area contributed by atoms with Gasteiger partial charge in [-0.25, -0.2) is 0 Å². The standard InChI is InChI=1S/C34H60O2Si3.2CH3.2ClH.Zr/c1-23-21-27-25(17-15-19-29(27)35-38(11,12)33(3,4)5)31(23)37(9,10)32-24(2)22-28-26(32)18-16-20-30(28)36-39(13,14)34(6,7)8;;;;;/h15-20,23-28,31-32H,21-22H2,1-14H3;2*1H3;2*1H;/q;2*-1;;;+4/p-2. The molecule has 2 fully saturated rings. The van der Waals surface area contributed by atoms with Crippen LogP contribution in [0.25, 0.3) is 0 Å². The van der Waals surface area contributed by atoms with Crippen LogP contribution in [0, 0.1) is 50.4 Å². The van der Waals surface area contributed by atoms with Crippen molar-refractivity contribution in [3.8, 4) is 0 Å². The molecular formula is C36H66Cl2O2Si3Zr. The first-order valence-electron chi connectivity index (χ1n) is 16.2. The summed E-state index contributed by atoms with van der Waals surface area (Å²) in [6.45, 7) is 34.4. The van der Waals surface area contributed by atoms with Gasteiger partial charge < -0.3 is 23.7 Å². The van der Waals surface area contributed by atoms with Gasteiger partial charge in [0.15, 0.2) is 0 Å². The van der Waals surface area contributed by atoms with Crippen molar-refractivity contribution in [3.63, 3.8) is 0 Å². The van der Waals surface area contributed by atoms with Crippen LogP contribution in [0.1, 0.15) is 68.2 Å². The second-order valence-electron chi connectivity index (χ2n) is 17.4. The quantitative estimate of drug-likeness (QED) is 0.198. The summed E-state index contributed by atoms with van der Waals surface area (Å²) in [5.74, 6) is 6.46. The number of hydrogen-bond donors (Lipinski definition) is 0. The van der Waals surface area contributed by atoms with Gasteiger partial charge in [0.05, 0.1) is 19.6 Å². The SMILES string of the molecule is CC1CC2C(O[Si](C)(C)C(C)(C)C)=CC=CC2C1[Si](C)(C)C1C(C)CC2C(O[Si](C)(C)C(C)(C)C)=CC=CC21.[CH3-].[CH3-].[Cl][Zr+2][Cl]. The molecule has 0 aliphatic heterocycles. The summed E-state index contributed by atoms with van der Waals surface area (Å²) >= 11 is -0.826. The van der Waals surface area contributed by atoms with Crippen LogP contribution in [-0.2, 0) is 29.7 Å². The van der Waals surface area contributed by atoms with Crippen molar-refractivity contribution in [1.82, 2.24) is 0 Å². The molecule has 0 spiro atoms. The number of rotatable bonds is 6. The summed E-state index contributed by atoms with van der Waals surface area (Å²) in [7, 11) is 4.47. The normalized spacial score (nSPS) is 31.5. The van der Waals surface area contributed by atoms with E-state index < -0.39 is 45.6 Å². The van der Waals surface area contributed by atoms with E-state index in [9.17, 15) is 0 Å². The summed E-state index contributed by atoms with van der Waals surface area (Å²) in [6.07, 6.45) is 17.0. The predicted octanol–water partition coefficient (Wildman–Crippen LogP) is 13.2. The van der Waals surface area contributed by atoms with Crippen LogP contribution in [-0.4, -0.2) is 24.7 Å². The molecular weight excluding hydrogens is 711 g/mol. The van der Waals surface area contributed by atoms with Crippen LogP contribution in [0.3, 0.4) is 0 Å². The monoisotopic (exact) mass is 774 g/mol. The van der Waals surface area contributed by atoms with Crippen LogP contribution in [0.4, 0.5) is 0 Å². The van der Waals surface area contributed by atoms with E-state index in [1.807, 2.05) is 0 Å². The molecule has 4 aliphatic carbocycles. The Hall–Kier alpha value is 0.674. The number of halogens is 2. The molecule has 0 amide bonds. The predicted molar refractivity (Wildman–Crippen MR) is 202 cm³/mol. The minimum atomic E-state index is -1.86. The van der Waals surface area contributed by atoms with Crippen molar-refractivity contribution >= 4 is 41.7 Å². The van der Waals surface area contributed by atoms with Crippen LogP contribution < -0.4 is 0 Å². The van der Waals surface area contributed by atoms with E-state index in [1.165, 1.54) is 24.4 Å². The van der Waals surface area contributed by atoms with E-state index in [0.717, 1.165) is 22.9 Å². The average Bonchev–Trinajstić information content (AvgIpc) is 3.35. The Morgan fingerprint density at radius 3 is 1.23 bits per heavy atom. The Labute approximate surface area is 296 Å². The summed E-state index contributed by atoms with van der Waals surface area (Å²) < 4.78 is 14.0. The van der Waals surface area contributed by atoms with Gasteiger partial charge in [0.25, 0.3) is 0 Å². The molecule has 0 saturated heterocycles. The van der Waals surface area contributed by atoms with Gasteiger partial charge in [-0.3, -0.25) is 0 Å². The molecule has 2 saturated carbocycles. The Morgan fingerprint density at radius 2 is 0.955 bits per heavy atom. The van der Waals surface area contributed by atoms with Gasteiger partial charge >= 0.3 is 37.9 Å². The third kappa shape index (κ3) is 8.63. The average molecular weight is 777 g/mol. The molecule has 4 aliphatic rings. The van der Waals surface area contributed by atoms with Crippen molar-refractivity contribution < 1.29 is 29.7 Å². The maximum atomic E-state index is 7.02. The van der Waals surface area contributed by atoms with Crippen molar-refractivity contribution in [2.45, 2.75) is 129 Å². The number of fused-ring (bicyclic) bond motifs is 2. The summed E-state index contributed by atoms with van der Waals surface area (Å²) in [4.78, 5) is 0. The zero-order valence-electron chi connectivity index (χ0n) is 31.1. The Balaban J connectivity index is 0.00000186. The fourth-order valence-electron chi connectivity index (χ4n) is 8.39. The van der Waals surface area contributed by atoms with Gasteiger partial charge in [-0.15, -0.1) is 0 Å². The van der Waals surface area contributed by atoms with E-state index in [4.69, 9.17) is 25.9 Å². The molecule has 44 heavy (non-hydrogen) atoms. The first-order chi connectivity index (χ1) is 19.1. The summed E-state index contributed by atoms with van der Waals surface area (Å²) in [6, 6.07) is 0. The molecule has 0 heterocycles. The maximum absolute atomic E-state index is 7.02. The van der Waals surface area contributed by atoms with Gasteiger partial charge in [-0.2, -0.15) is 0 Å². The molecule has 8 atom stereocenters. The van der Waals surface area contributed by atoms with Crippen molar-refractivity contribution in [3.05, 3.63) is 62.8 Å². The Kier molecular flexibility index (Phi) is 15.0. The topological polar surface area (TPSA) is 18.5 Å². The van der Waals surface area contributed by atoms with Gasteiger partial charge in [0.1, 0.15) is 0 Å². The Morgan fingerprint density at radius 1 is 0.659 bits per heavy atom. The molecule has 8 unspecified atom stereocenters. The van der Waals surface area contributed by atoms with Gasteiger partial charge in [-0.05, 0) is 96.0 Å². The van der Waals surface area contributed by atoms with Crippen molar-refractivity contribution in [2.75, 3.05) is 0 Å². The molecule has 0 aromatic carbocycles. The second-order valence-corrected chi connectivity index (χ2v) is 35.5. The van der Waals surface area contributed by atoms with Crippen LogP contribution in [0.15, 0.2) is 48.0 Å². The second kappa shape index (κ2) is 15.5. The number of allylic oxidation sites excluding steroid dienone is 8. The van der Waals surface area contributed by atoms with E-state index in [1.54, 1.807) is 0 Å². The van der Waals surface area contributed by atoms with Crippen molar-refractivity contribution in [1.29, 1.82) is 0 Å². The van der Waals surface area contributed by atoms with E-state index in [2.05, 4.69) is 131 Å². The fraction of sp³-hybridized carbons (Fsp3) is 0.722. The zero-order chi connectivity index (χ0) is 32.1. The third-order valence-corrected chi connectivity index (χ3v) is 26.3. The molecule has 2 nitrogen and oxygen atoms in total. The molecule has 8 heteroatoms. The van der Waals surface area contributed by atoms with Crippen LogP contribution in [0.2, 0.25) is 60.4 Å². The molecule has 0 bridgehead atoms. The molecule has 0 radical (unpaired) electrons. The minimum absolute atomic E-state index is 0. The first-order valence-corrected chi connectivity index (χ1v) is 31.5. The third-order valence-electron chi connectivity index (χ3n) is 12.2. The van der Waals surface area contributed by atoms with Gasteiger partial charge in [0.2, 0.25) is 16.6 Å². The van der Waals surface area contributed by atoms with Crippen LogP contribution >= 0.6 is 17.0 Å². The molecule has 4 rings (SSSR count). The number of hydrogen-bond acceptors (Lipinski definition) is 2. The summed E-state index contributed by atoms with van der Waals surface area (Å²) in [5.41, 5.74) is 1.58. The molecule has 252 valence electrons.